The summed E-state index contributed by atoms with van der Waals surface area (Å²) >= 11 is 0. The van der Waals surface area contributed by atoms with Crippen LogP contribution in [-0.4, -0.2) is 24.5 Å². The zero-order valence-electron chi connectivity index (χ0n) is 12.5. The fraction of sp³-hybridized carbons (Fsp3) is 1.00. The van der Waals surface area contributed by atoms with Gasteiger partial charge in [0.25, 0.3) is 0 Å². The van der Waals surface area contributed by atoms with Gasteiger partial charge in [0.1, 0.15) is 0 Å². The Kier molecular flexibility index (Phi) is 19.9. The molecule has 0 aromatic carbocycles. The molecule has 1 heteroatoms. The summed E-state index contributed by atoms with van der Waals surface area (Å²) in [4.78, 5) is 2.59. The zero-order valence-corrected chi connectivity index (χ0v) is 12.5. The molecule has 16 heavy (non-hydrogen) atoms. The highest BCUT2D eigenvalue weighted by molar-refractivity contribution is 4.55. The second-order valence-corrected chi connectivity index (χ2v) is 4.20. The monoisotopic (exact) mass is 229 g/mol. The Morgan fingerprint density at radius 1 is 0.625 bits per heavy atom. The van der Waals surface area contributed by atoms with Crippen LogP contribution in [0.4, 0.5) is 0 Å². The third-order valence-corrected chi connectivity index (χ3v) is 2.85. The average Bonchev–Trinajstić information content (AvgIpc) is 2.35. The minimum Gasteiger partial charge on any atom is -0.304 e. The maximum Gasteiger partial charge on any atom is -0.00189 e. The van der Waals surface area contributed by atoms with Crippen molar-refractivity contribution < 1.29 is 0 Å². The molecule has 0 unspecified atom stereocenters. The molecule has 100 valence electrons. The third-order valence-electron chi connectivity index (χ3n) is 2.85. The number of rotatable bonds is 10. The van der Waals surface area contributed by atoms with Gasteiger partial charge in [0.05, 0.1) is 0 Å². The molecular weight excluding hydrogens is 194 g/mol. The summed E-state index contributed by atoms with van der Waals surface area (Å²) in [7, 11) is 0. The van der Waals surface area contributed by atoms with Crippen molar-refractivity contribution >= 4 is 0 Å². The van der Waals surface area contributed by atoms with E-state index in [-0.39, 0.29) is 0 Å². The van der Waals surface area contributed by atoms with Gasteiger partial charge in [-0.2, -0.15) is 0 Å². The lowest BCUT2D eigenvalue weighted by molar-refractivity contribution is 0.276. The van der Waals surface area contributed by atoms with Crippen LogP contribution in [0.5, 0.6) is 0 Å². The molecule has 0 aliphatic heterocycles. The maximum absolute atomic E-state index is 2.59. The topological polar surface area (TPSA) is 3.24 Å². The molecule has 1 nitrogen and oxygen atoms in total. The highest BCUT2D eigenvalue weighted by Crippen LogP contribution is 2.04. The Balaban J connectivity index is 0. The Hall–Kier alpha value is -0.0400. The highest BCUT2D eigenvalue weighted by atomic mass is 15.1. The quantitative estimate of drug-likeness (QED) is 0.471. The largest absolute Gasteiger partial charge is 0.304 e. The van der Waals surface area contributed by atoms with Crippen LogP contribution in [0.1, 0.15) is 79.6 Å². The van der Waals surface area contributed by atoms with E-state index in [0.717, 1.165) is 0 Å². The van der Waals surface area contributed by atoms with Gasteiger partial charge in [-0.1, -0.05) is 66.7 Å². The molecule has 0 bridgehead atoms. The van der Waals surface area contributed by atoms with E-state index in [0.29, 0.717) is 0 Å². The molecule has 0 amide bonds. The van der Waals surface area contributed by atoms with E-state index in [1.54, 1.807) is 0 Å². The van der Waals surface area contributed by atoms with E-state index in [2.05, 4.69) is 25.7 Å². The molecule has 0 aromatic rings. The SMILES string of the molecule is CC.CCCCCCCN(CC)CCCC. The van der Waals surface area contributed by atoms with Crippen molar-refractivity contribution in [3.8, 4) is 0 Å². The van der Waals surface area contributed by atoms with Crippen LogP contribution in [0.2, 0.25) is 0 Å². The molecule has 0 aliphatic rings. The Morgan fingerprint density at radius 3 is 1.62 bits per heavy atom. The van der Waals surface area contributed by atoms with Crippen LogP contribution in [0, 0.1) is 0 Å². The lowest BCUT2D eigenvalue weighted by Gasteiger charge is -2.19. The van der Waals surface area contributed by atoms with E-state index in [4.69, 9.17) is 0 Å². The standard InChI is InChI=1S/C13H29N.C2H6/c1-4-7-9-10-11-13-14(6-3)12-8-5-2;1-2/h4-13H2,1-3H3;1-2H3. The maximum atomic E-state index is 2.59. The van der Waals surface area contributed by atoms with E-state index in [1.807, 2.05) is 13.8 Å². The van der Waals surface area contributed by atoms with Gasteiger partial charge in [-0.25, -0.2) is 0 Å². The van der Waals surface area contributed by atoms with Crippen molar-refractivity contribution in [2.24, 2.45) is 0 Å². The molecule has 0 N–H and O–H groups in total. The van der Waals surface area contributed by atoms with Crippen LogP contribution in [0.3, 0.4) is 0 Å². The Morgan fingerprint density at radius 2 is 1.12 bits per heavy atom. The van der Waals surface area contributed by atoms with Gasteiger partial charge >= 0.3 is 0 Å². The van der Waals surface area contributed by atoms with Crippen molar-refractivity contribution in [1.29, 1.82) is 0 Å². The minimum atomic E-state index is 1.23. The molecule has 0 rings (SSSR count). The van der Waals surface area contributed by atoms with Crippen molar-refractivity contribution in [1.82, 2.24) is 4.90 Å². The molecule has 0 spiro atoms. The molecule has 0 heterocycles. The van der Waals surface area contributed by atoms with E-state index >= 15 is 0 Å². The first-order valence-corrected chi connectivity index (χ1v) is 7.57. The Bertz CT molecular complexity index is 102. The van der Waals surface area contributed by atoms with Crippen molar-refractivity contribution in [2.75, 3.05) is 19.6 Å². The number of hydrogen-bond donors (Lipinski definition) is 0. The zero-order chi connectivity index (χ0) is 12.6. The predicted octanol–water partition coefficient (Wildman–Crippen LogP) is 5.11. The summed E-state index contributed by atoms with van der Waals surface area (Å²) in [5.41, 5.74) is 0. The van der Waals surface area contributed by atoms with Crippen molar-refractivity contribution in [3.05, 3.63) is 0 Å². The highest BCUT2D eigenvalue weighted by Gasteiger charge is 2.00. The fourth-order valence-corrected chi connectivity index (χ4v) is 1.75. The van der Waals surface area contributed by atoms with Crippen LogP contribution < -0.4 is 0 Å². The second-order valence-electron chi connectivity index (χ2n) is 4.20. The molecule has 0 fully saturated rings. The molecule has 0 atom stereocenters. The normalized spacial score (nSPS) is 10.1. The molecule has 0 aliphatic carbocycles. The summed E-state index contributed by atoms with van der Waals surface area (Å²) < 4.78 is 0. The molecule has 0 saturated heterocycles. The van der Waals surface area contributed by atoms with Gasteiger partial charge in [0.15, 0.2) is 0 Å². The summed E-state index contributed by atoms with van der Waals surface area (Å²) in [6, 6.07) is 0. The first-order valence-electron chi connectivity index (χ1n) is 7.57. The predicted molar refractivity (Wildman–Crippen MR) is 77.1 cm³/mol. The van der Waals surface area contributed by atoms with Gasteiger partial charge in [-0.3, -0.25) is 0 Å². The molecule has 0 saturated carbocycles. The van der Waals surface area contributed by atoms with Gasteiger partial charge in [0.2, 0.25) is 0 Å². The fourth-order valence-electron chi connectivity index (χ4n) is 1.75. The Labute approximate surface area is 105 Å². The van der Waals surface area contributed by atoms with Gasteiger partial charge in [-0.15, -0.1) is 0 Å². The van der Waals surface area contributed by atoms with Crippen molar-refractivity contribution in [2.45, 2.75) is 79.6 Å². The van der Waals surface area contributed by atoms with Gasteiger partial charge in [-0.05, 0) is 32.5 Å². The van der Waals surface area contributed by atoms with E-state index < -0.39 is 0 Å². The first kappa shape index (κ1) is 18.3. The van der Waals surface area contributed by atoms with Crippen LogP contribution in [0.25, 0.3) is 0 Å². The number of unbranched alkanes of at least 4 members (excludes halogenated alkanes) is 5. The lowest BCUT2D eigenvalue weighted by atomic mass is 10.1. The minimum absolute atomic E-state index is 1.23. The van der Waals surface area contributed by atoms with Gasteiger partial charge < -0.3 is 4.90 Å². The second kappa shape index (κ2) is 17.4. The van der Waals surface area contributed by atoms with Crippen molar-refractivity contribution in [3.63, 3.8) is 0 Å². The summed E-state index contributed by atoms with van der Waals surface area (Å²) in [5.74, 6) is 0. The summed E-state index contributed by atoms with van der Waals surface area (Å²) in [6.45, 7) is 14.7. The molecule has 0 aromatic heterocycles. The summed E-state index contributed by atoms with van der Waals surface area (Å²) in [6.07, 6.45) is 9.72. The molecule has 0 radical (unpaired) electrons. The van der Waals surface area contributed by atoms with Crippen LogP contribution in [0.15, 0.2) is 0 Å². The smallest absolute Gasteiger partial charge is 0.00189 e. The third kappa shape index (κ3) is 14.0. The first-order chi connectivity index (χ1) is 7.85. The van der Waals surface area contributed by atoms with E-state index in [9.17, 15) is 0 Å². The summed E-state index contributed by atoms with van der Waals surface area (Å²) in [5, 5.41) is 0. The number of nitrogens with zero attached hydrogens (tertiary/aromatic N) is 1. The average molecular weight is 229 g/mol. The number of hydrogen-bond acceptors (Lipinski definition) is 1. The molecular formula is C15H35N. The van der Waals surface area contributed by atoms with Gasteiger partial charge in [0, 0.05) is 0 Å². The van der Waals surface area contributed by atoms with Crippen LogP contribution in [-0.2, 0) is 0 Å². The lowest BCUT2D eigenvalue weighted by Crippen LogP contribution is -2.25. The van der Waals surface area contributed by atoms with E-state index in [1.165, 1.54) is 64.6 Å². The van der Waals surface area contributed by atoms with Crippen LogP contribution >= 0.6 is 0 Å².